The highest BCUT2D eigenvalue weighted by molar-refractivity contribution is 5.80. The summed E-state index contributed by atoms with van der Waals surface area (Å²) >= 11 is 0. The highest BCUT2D eigenvalue weighted by Gasteiger charge is 2.45. The molecule has 0 aromatic heterocycles. The van der Waals surface area contributed by atoms with Gasteiger partial charge in [0.25, 0.3) is 0 Å². The van der Waals surface area contributed by atoms with Gasteiger partial charge >= 0.3 is 5.97 Å². The molecule has 0 spiro atoms. The molecule has 4 nitrogen and oxygen atoms in total. The normalized spacial score (nSPS) is 25.6. The predicted octanol–water partition coefficient (Wildman–Crippen LogP) is 3.50. The molecule has 20 heavy (non-hydrogen) atoms. The van der Waals surface area contributed by atoms with Crippen molar-refractivity contribution in [1.82, 2.24) is 5.32 Å². The van der Waals surface area contributed by atoms with Crippen LogP contribution in [0, 0.1) is 5.41 Å². The Morgan fingerprint density at radius 1 is 1.20 bits per heavy atom. The van der Waals surface area contributed by atoms with Crippen LogP contribution in [-0.4, -0.2) is 23.0 Å². The molecule has 1 rings (SSSR count). The summed E-state index contributed by atoms with van der Waals surface area (Å²) < 4.78 is 0. The Labute approximate surface area is 122 Å². The second kappa shape index (κ2) is 8.28. The third kappa shape index (κ3) is 4.80. The van der Waals surface area contributed by atoms with Crippen molar-refractivity contribution in [2.45, 2.75) is 84.1 Å². The molecule has 1 saturated carbocycles. The van der Waals surface area contributed by atoms with Crippen molar-refractivity contribution >= 4 is 11.9 Å². The first-order valence-electron chi connectivity index (χ1n) is 8.03. The van der Waals surface area contributed by atoms with E-state index in [9.17, 15) is 14.7 Å². The predicted molar refractivity (Wildman–Crippen MR) is 79.5 cm³/mol. The fraction of sp³-hybridized carbons (Fsp3) is 0.875. The fourth-order valence-electron chi connectivity index (χ4n) is 2.99. The molecule has 0 heterocycles. The van der Waals surface area contributed by atoms with Crippen molar-refractivity contribution in [1.29, 1.82) is 0 Å². The Hall–Kier alpha value is -1.06. The molecular weight excluding hydrogens is 254 g/mol. The van der Waals surface area contributed by atoms with E-state index in [-0.39, 0.29) is 11.9 Å². The fourth-order valence-corrected chi connectivity index (χ4v) is 2.99. The average molecular weight is 283 g/mol. The van der Waals surface area contributed by atoms with Gasteiger partial charge in [0.05, 0.1) is 5.41 Å². The van der Waals surface area contributed by atoms with Gasteiger partial charge in [0.2, 0.25) is 5.91 Å². The molecular formula is C16H29NO3. The maximum Gasteiger partial charge on any atom is 0.311 e. The van der Waals surface area contributed by atoms with Gasteiger partial charge in [-0.05, 0) is 26.2 Å². The molecule has 0 aromatic carbocycles. The molecule has 1 amide bonds. The van der Waals surface area contributed by atoms with Crippen LogP contribution >= 0.6 is 0 Å². The van der Waals surface area contributed by atoms with Crippen molar-refractivity contribution in [3.8, 4) is 0 Å². The molecule has 0 aliphatic heterocycles. The summed E-state index contributed by atoms with van der Waals surface area (Å²) in [5.74, 6) is -0.778. The summed E-state index contributed by atoms with van der Waals surface area (Å²) in [6.45, 7) is 3.94. The van der Waals surface area contributed by atoms with Crippen LogP contribution in [0.1, 0.15) is 78.1 Å². The number of aliphatic carboxylic acids is 1. The third-order valence-corrected chi connectivity index (χ3v) is 4.54. The first-order valence-corrected chi connectivity index (χ1v) is 8.03. The summed E-state index contributed by atoms with van der Waals surface area (Å²) in [6, 6.07) is -0.201. The highest BCUT2D eigenvalue weighted by atomic mass is 16.4. The summed E-state index contributed by atoms with van der Waals surface area (Å²) in [4.78, 5) is 23.2. The molecule has 4 heteroatoms. The van der Waals surface area contributed by atoms with E-state index < -0.39 is 11.4 Å². The third-order valence-electron chi connectivity index (χ3n) is 4.54. The molecule has 2 atom stereocenters. The largest absolute Gasteiger partial charge is 0.481 e. The monoisotopic (exact) mass is 283 g/mol. The van der Waals surface area contributed by atoms with E-state index >= 15 is 0 Å². The Bertz CT molecular complexity index is 330. The lowest BCUT2D eigenvalue weighted by Gasteiger charge is -2.27. The molecule has 0 aromatic rings. The number of nitrogens with one attached hydrogen (secondary N) is 1. The van der Waals surface area contributed by atoms with E-state index in [1.165, 1.54) is 25.7 Å². The van der Waals surface area contributed by atoms with Gasteiger partial charge < -0.3 is 10.4 Å². The van der Waals surface area contributed by atoms with Gasteiger partial charge in [-0.25, -0.2) is 0 Å². The number of carboxylic acids is 1. The van der Waals surface area contributed by atoms with Crippen LogP contribution in [0.3, 0.4) is 0 Å². The van der Waals surface area contributed by atoms with Crippen LogP contribution in [0.15, 0.2) is 0 Å². The minimum absolute atomic E-state index is 0.0138. The molecule has 0 radical (unpaired) electrons. The molecule has 116 valence electrons. The van der Waals surface area contributed by atoms with Crippen molar-refractivity contribution < 1.29 is 14.7 Å². The van der Waals surface area contributed by atoms with Gasteiger partial charge in [-0.15, -0.1) is 0 Å². The zero-order valence-corrected chi connectivity index (χ0v) is 12.9. The molecule has 1 aliphatic carbocycles. The Morgan fingerprint density at radius 3 is 2.50 bits per heavy atom. The lowest BCUT2D eigenvalue weighted by Crippen LogP contribution is -2.46. The molecule has 1 fully saturated rings. The Morgan fingerprint density at radius 2 is 1.85 bits per heavy atom. The summed E-state index contributed by atoms with van der Waals surface area (Å²) in [5, 5.41) is 12.2. The number of unbranched alkanes of at least 4 members (excludes halogenated alkanes) is 5. The number of carbonyl (C=O) groups excluding carboxylic acids is 1. The van der Waals surface area contributed by atoms with Crippen LogP contribution in [0.5, 0.6) is 0 Å². The first-order chi connectivity index (χ1) is 9.50. The maximum atomic E-state index is 11.9. The summed E-state index contributed by atoms with van der Waals surface area (Å²) in [6.07, 6.45) is 9.79. The van der Waals surface area contributed by atoms with E-state index in [1.54, 1.807) is 6.92 Å². The maximum absolute atomic E-state index is 11.9. The first kappa shape index (κ1) is 17.0. The van der Waals surface area contributed by atoms with Gasteiger partial charge in [0.1, 0.15) is 0 Å². The number of carboxylic acid groups (broad SMARTS) is 1. The van der Waals surface area contributed by atoms with E-state index in [4.69, 9.17) is 0 Å². The lowest BCUT2D eigenvalue weighted by atomic mass is 9.85. The molecule has 1 aliphatic rings. The summed E-state index contributed by atoms with van der Waals surface area (Å²) in [5.41, 5.74) is -0.781. The lowest BCUT2D eigenvalue weighted by molar-refractivity contribution is -0.149. The zero-order chi connectivity index (χ0) is 15.0. The van der Waals surface area contributed by atoms with Gasteiger partial charge in [0, 0.05) is 12.5 Å². The van der Waals surface area contributed by atoms with Crippen LogP contribution in [-0.2, 0) is 9.59 Å². The quantitative estimate of drug-likeness (QED) is 0.636. The van der Waals surface area contributed by atoms with Gasteiger partial charge in [-0.1, -0.05) is 45.4 Å². The van der Waals surface area contributed by atoms with E-state index in [2.05, 4.69) is 12.2 Å². The van der Waals surface area contributed by atoms with Crippen molar-refractivity contribution in [2.24, 2.45) is 5.41 Å². The van der Waals surface area contributed by atoms with Gasteiger partial charge in [-0.2, -0.15) is 0 Å². The SMILES string of the molecule is CCCCCCCCC(=O)NC1CCCC1(C)C(=O)O. The number of carbonyl (C=O) groups is 2. The van der Waals surface area contributed by atoms with Crippen molar-refractivity contribution in [2.75, 3.05) is 0 Å². The van der Waals surface area contributed by atoms with Crippen molar-refractivity contribution in [3.63, 3.8) is 0 Å². The average Bonchev–Trinajstić information content (AvgIpc) is 2.76. The number of amides is 1. The minimum Gasteiger partial charge on any atom is -0.481 e. The van der Waals surface area contributed by atoms with E-state index in [0.717, 1.165) is 25.7 Å². The zero-order valence-electron chi connectivity index (χ0n) is 12.9. The van der Waals surface area contributed by atoms with E-state index in [1.807, 2.05) is 0 Å². The standard InChI is InChI=1S/C16H29NO3/c1-3-4-5-6-7-8-11-14(18)17-13-10-9-12-16(13,2)15(19)20/h13H,3-12H2,1-2H3,(H,17,18)(H,19,20). The van der Waals surface area contributed by atoms with Gasteiger partial charge in [0.15, 0.2) is 0 Å². The molecule has 0 saturated heterocycles. The topological polar surface area (TPSA) is 66.4 Å². The Balaban J connectivity index is 2.23. The molecule has 2 unspecified atom stereocenters. The second-order valence-electron chi connectivity index (χ2n) is 6.25. The van der Waals surface area contributed by atoms with Gasteiger partial charge in [-0.3, -0.25) is 9.59 Å². The molecule has 2 N–H and O–H groups in total. The van der Waals surface area contributed by atoms with Crippen LogP contribution in [0.4, 0.5) is 0 Å². The summed E-state index contributed by atoms with van der Waals surface area (Å²) in [7, 11) is 0. The minimum atomic E-state index is -0.792. The van der Waals surface area contributed by atoms with Crippen molar-refractivity contribution in [3.05, 3.63) is 0 Å². The number of hydrogen-bond acceptors (Lipinski definition) is 2. The van der Waals surface area contributed by atoms with Crippen LogP contribution in [0.2, 0.25) is 0 Å². The number of rotatable bonds is 9. The molecule has 0 bridgehead atoms. The van der Waals surface area contributed by atoms with Crippen LogP contribution in [0.25, 0.3) is 0 Å². The Kier molecular flexibility index (Phi) is 7.03. The van der Waals surface area contributed by atoms with Crippen LogP contribution < -0.4 is 5.32 Å². The van der Waals surface area contributed by atoms with E-state index in [0.29, 0.717) is 12.8 Å². The number of hydrogen-bond donors (Lipinski definition) is 2. The smallest absolute Gasteiger partial charge is 0.311 e. The second-order valence-corrected chi connectivity index (χ2v) is 6.25. The highest BCUT2D eigenvalue weighted by Crippen LogP contribution is 2.38.